The van der Waals surface area contributed by atoms with Crippen molar-refractivity contribution in [2.45, 2.75) is 31.1 Å². The van der Waals surface area contributed by atoms with Crippen molar-refractivity contribution < 1.29 is 27.7 Å². The maximum atomic E-state index is 13.9. The Morgan fingerprint density at radius 2 is 1.69 bits per heavy atom. The number of rotatable bonds is 6. The highest BCUT2D eigenvalue weighted by Crippen LogP contribution is 2.44. The van der Waals surface area contributed by atoms with Crippen LogP contribution in [0.4, 0.5) is 18.9 Å². The normalized spacial score (nSPS) is 15.8. The molecule has 1 aliphatic carbocycles. The van der Waals surface area contributed by atoms with E-state index in [0.717, 1.165) is 23.1 Å². The van der Waals surface area contributed by atoms with Gasteiger partial charge in [0.25, 0.3) is 11.6 Å². The van der Waals surface area contributed by atoms with Gasteiger partial charge in [0.15, 0.2) is 0 Å². The van der Waals surface area contributed by atoms with Crippen molar-refractivity contribution in [3.8, 4) is 0 Å². The number of nitrogens with zero attached hydrogens (tertiary/aromatic N) is 2. The van der Waals surface area contributed by atoms with Crippen LogP contribution in [0.3, 0.4) is 0 Å². The molecule has 0 spiro atoms. The molecule has 10 heteroatoms. The molecular weight excluding hydrogens is 463 g/mol. The van der Waals surface area contributed by atoms with Crippen molar-refractivity contribution >= 4 is 17.5 Å². The van der Waals surface area contributed by atoms with Crippen LogP contribution in [0.2, 0.25) is 0 Å². The summed E-state index contributed by atoms with van der Waals surface area (Å²) >= 11 is 0. The Morgan fingerprint density at radius 1 is 1.03 bits per heavy atom. The van der Waals surface area contributed by atoms with Gasteiger partial charge in [0.2, 0.25) is 5.91 Å². The Morgan fingerprint density at radius 3 is 2.31 bits per heavy atom. The van der Waals surface area contributed by atoms with Gasteiger partial charge in [-0.3, -0.25) is 19.7 Å². The Bertz CT molecular complexity index is 1290. The van der Waals surface area contributed by atoms with E-state index in [4.69, 9.17) is 5.73 Å². The first kappa shape index (κ1) is 23.9. The number of nitro groups is 1. The molecule has 0 fully saturated rings. The van der Waals surface area contributed by atoms with Gasteiger partial charge in [-0.05, 0) is 47.7 Å². The third-order valence-corrected chi connectivity index (χ3v) is 6.08. The summed E-state index contributed by atoms with van der Waals surface area (Å²) in [5.41, 5.74) is 5.22. The molecule has 0 heterocycles. The molecule has 4 rings (SSSR count). The highest BCUT2D eigenvalue weighted by atomic mass is 19.4. The number of halogens is 3. The summed E-state index contributed by atoms with van der Waals surface area (Å²) in [6.45, 7) is 0. The lowest BCUT2D eigenvalue weighted by Crippen LogP contribution is -2.43. The first-order valence-electron chi connectivity index (χ1n) is 10.7. The number of hydrogen-bond acceptors (Lipinski definition) is 4. The Labute approximate surface area is 198 Å². The van der Waals surface area contributed by atoms with E-state index in [1.807, 2.05) is 0 Å². The first-order chi connectivity index (χ1) is 16.6. The van der Waals surface area contributed by atoms with Crippen molar-refractivity contribution in [3.63, 3.8) is 0 Å². The summed E-state index contributed by atoms with van der Waals surface area (Å²) in [7, 11) is 0. The van der Waals surface area contributed by atoms with Crippen molar-refractivity contribution in [2.75, 3.05) is 0 Å². The quantitative estimate of drug-likeness (QED) is 0.395. The second-order valence-electron chi connectivity index (χ2n) is 8.17. The molecule has 1 aliphatic rings. The molecule has 2 amide bonds. The lowest BCUT2D eigenvalue weighted by atomic mass is 9.96. The van der Waals surface area contributed by atoms with Crippen LogP contribution >= 0.6 is 0 Å². The van der Waals surface area contributed by atoms with Gasteiger partial charge in [0.1, 0.15) is 11.6 Å². The summed E-state index contributed by atoms with van der Waals surface area (Å²) in [5, 5.41) is 11.6. The first-order valence-corrected chi connectivity index (χ1v) is 10.7. The molecule has 35 heavy (non-hydrogen) atoms. The van der Waals surface area contributed by atoms with Crippen molar-refractivity contribution in [2.24, 2.45) is 5.73 Å². The molecule has 0 bridgehead atoms. The van der Waals surface area contributed by atoms with E-state index in [9.17, 15) is 32.9 Å². The number of carbonyl (C=O) groups excluding carboxylic acids is 2. The lowest BCUT2D eigenvalue weighted by molar-refractivity contribution is -0.385. The van der Waals surface area contributed by atoms with Crippen LogP contribution in [0.1, 0.15) is 51.1 Å². The molecule has 0 aromatic heterocycles. The van der Waals surface area contributed by atoms with Crippen molar-refractivity contribution in [3.05, 3.63) is 111 Å². The van der Waals surface area contributed by atoms with Gasteiger partial charge in [-0.2, -0.15) is 13.2 Å². The number of fused-ring (bicyclic) bond motifs is 1. The van der Waals surface area contributed by atoms with Crippen LogP contribution in [-0.4, -0.2) is 21.6 Å². The third kappa shape index (κ3) is 4.59. The Balaban J connectivity index is 1.92. The number of amides is 2. The maximum absolute atomic E-state index is 13.9. The van der Waals surface area contributed by atoms with Gasteiger partial charge < -0.3 is 10.6 Å². The number of aryl methyl sites for hydroxylation is 1. The van der Waals surface area contributed by atoms with Crippen molar-refractivity contribution in [1.29, 1.82) is 0 Å². The number of primary amides is 1. The van der Waals surface area contributed by atoms with Gasteiger partial charge in [-0.15, -0.1) is 0 Å². The molecule has 7 nitrogen and oxygen atoms in total. The second kappa shape index (κ2) is 9.21. The number of para-hydroxylation sites is 1. The van der Waals surface area contributed by atoms with Crippen LogP contribution in [-0.2, 0) is 17.4 Å². The van der Waals surface area contributed by atoms with E-state index in [1.165, 1.54) is 24.3 Å². The minimum absolute atomic E-state index is 0.222. The van der Waals surface area contributed by atoms with Crippen LogP contribution in [0, 0.1) is 10.1 Å². The molecule has 2 atom stereocenters. The van der Waals surface area contributed by atoms with Crippen LogP contribution in [0.5, 0.6) is 0 Å². The van der Waals surface area contributed by atoms with E-state index in [2.05, 4.69) is 0 Å². The summed E-state index contributed by atoms with van der Waals surface area (Å²) in [4.78, 5) is 38.5. The molecular formula is C25H20F3N3O4. The molecule has 180 valence electrons. The maximum Gasteiger partial charge on any atom is 0.416 e. The van der Waals surface area contributed by atoms with Gasteiger partial charge in [0, 0.05) is 6.07 Å². The van der Waals surface area contributed by atoms with Gasteiger partial charge in [0.05, 0.1) is 16.5 Å². The number of nitro benzene ring substituents is 1. The SMILES string of the molecule is NC(=O)[C@@H](c1ccccc1)N(C(=O)c1ccccc1[N+](=O)[O-])[C@@H]1CCc2ccc(C(F)(F)F)cc21. The largest absolute Gasteiger partial charge is 0.416 e. The molecule has 0 saturated carbocycles. The fourth-order valence-electron chi connectivity index (χ4n) is 4.53. The fourth-order valence-corrected chi connectivity index (χ4v) is 4.53. The topological polar surface area (TPSA) is 107 Å². The van der Waals surface area contributed by atoms with Crippen LogP contribution in [0.15, 0.2) is 72.8 Å². The molecule has 0 radical (unpaired) electrons. The number of nitrogens with two attached hydrogens (primary N) is 1. The number of carbonyl (C=O) groups is 2. The molecule has 0 aliphatic heterocycles. The zero-order valence-corrected chi connectivity index (χ0v) is 18.2. The summed E-state index contributed by atoms with van der Waals surface area (Å²) < 4.78 is 40.4. The van der Waals surface area contributed by atoms with Crippen LogP contribution < -0.4 is 5.73 Å². The highest BCUT2D eigenvalue weighted by Gasteiger charge is 2.42. The van der Waals surface area contributed by atoms with Gasteiger partial charge >= 0.3 is 6.18 Å². The fraction of sp³-hybridized carbons (Fsp3) is 0.200. The summed E-state index contributed by atoms with van der Waals surface area (Å²) in [5.74, 6) is -1.79. The molecule has 2 N–H and O–H groups in total. The predicted molar refractivity (Wildman–Crippen MR) is 120 cm³/mol. The van der Waals surface area contributed by atoms with E-state index in [0.29, 0.717) is 17.5 Å². The zero-order chi connectivity index (χ0) is 25.3. The number of alkyl halides is 3. The number of benzene rings is 3. The van der Waals surface area contributed by atoms with E-state index >= 15 is 0 Å². The highest BCUT2D eigenvalue weighted by molar-refractivity contribution is 6.01. The van der Waals surface area contributed by atoms with Gasteiger partial charge in [-0.25, -0.2) is 0 Å². The minimum Gasteiger partial charge on any atom is -0.368 e. The molecule has 3 aromatic rings. The smallest absolute Gasteiger partial charge is 0.368 e. The minimum atomic E-state index is -4.61. The second-order valence-corrected chi connectivity index (χ2v) is 8.17. The third-order valence-electron chi connectivity index (χ3n) is 6.08. The summed E-state index contributed by atoms with van der Waals surface area (Å²) in [6, 6.07) is 14.3. The lowest BCUT2D eigenvalue weighted by Gasteiger charge is -2.36. The molecule has 3 aromatic carbocycles. The van der Waals surface area contributed by atoms with E-state index < -0.39 is 46.2 Å². The van der Waals surface area contributed by atoms with Gasteiger partial charge in [-0.1, -0.05) is 48.5 Å². The standard InChI is InChI=1S/C25H20F3N3O4/c26-25(27,28)17-12-10-15-11-13-20(19(15)14-17)30(22(23(29)32)16-6-2-1-3-7-16)24(33)18-8-4-5-9-21(18)31(34)35/h1-10,12,14,20,22H,11,13H2,(H2,29,32)/t20-,22-/m1/s1. The van der Waals surface area contributed by atoms with E-state index in [-0.39, 0.29) is 17.5 Å². The average molecular weight is 483 g/mol. The number of hydrogen-bond donors (Lipinski definition) is 1. The summed E-state index contributed by atoms with van der Waals surface area (Å²) in [6.07, 6.45) is -4.03. The molecule has 0 saturated heterocycles. The average Bonchev–Trinajstić information content (AvgIpc) is 3.24. The van der Waals surface area contributed by atoms with E-state index in [1.54, 1.807) is 30.3 Å². The van der Waals surface area contributed by atoms with Crippen LogP contribution in [0.25, 0.3) is 0 Å². The predicted octanol–water partition coefficient (Wildman–Crippen LogP) is 4.97. The van der Waals surface area contributed by atoms with Crippen molar-refractivity contribution in [1.82, 2.24) is 4.90 Å². The molecule has 0 unspecified atom stereocenters. The Kier molecular flexibility index (Phi) is 6.29. The zero-order valence-electron chi connectivity index (χ0n) is 18.2. The monoisotopic (exact) mass is 483 g/mol. The Hall–Kier alpha value is -4.21.